The first-order valence-corrected chi connectivity index (χ1v) is 8.00. The minimum atomic E-state index is -0.362. The summed E-state index contributed by atoms with van der Waals surface area (Å²) in [6.45, 7) is 4.98. The molecule has 0 radical (unpaired) electrons. The van der Waals surface area contributed by atoms with E-state index >= 15 is 0 Å². The number of primary amides is 1. The van der Waals surface area contributed by atoms with Gasteiger partial charge in [0.1, 0.15) is 5.82 Å². The average Bonchev–Trinajstić information content (AvgIpc) is 2.43. The lowest BCUT2D eigenvalue weighted by atomic mass is 9.94. The molecule has 2 heterocycles. The van der Waals surface area contributed by atoms with E-state index in [9.17, 15) is 4.79 Å². The van der Waals surface area contributed by atoms with E-state index in [4.69, 9.17) is 10.7 Å². The lowest BCUT2D eigenvalue weighted by Crippen LogP contribution is -2.58. The number of nitrogens with two attached hydrogens (primary N) is 1. The fraction of sp³-hybridized carbons (Fsp3) is 0.625. The Morgan fingerprint density at radius 1 is 1.43 bits per heavy atom. The van der Waals surface area contributed by atoms with Gasteiger partial charge in [0.2, 0.25) is 0 Å². The highest BCUT2D eigenvalue weighted by atomic mass is 16.1. The number of carbonyl (C=O) groups is 1. The summed E-state index contributed by atoms with van der Waals surface area (Å²) in [7, 11) is 0. The number of carbonyl (C=O) groups excluding carboxylic acids is 1. The lowest BCUT2D eigenvalue weighted by Gasteiger charge is -2.40. The molecule has 5 nitrogen and oxygen atoms in total. The number of aromatic nitrogens is 1. The van der Waals surface area contributed by atoms with Crippen molar-refractivity contribution in [3.05, 3.63) is 22.9 Å². The lowest BCUT2D eigenvalue weighted by molar-refractivity contribution is 0.1000. The number of anilines is 1. The molecule has 21 heavy (non-hydrogen) atoms. The Kier molecular flexibility index (Phi) is 4.10. The van der Waals surface area contributed by atoms with Crippen LogP contribution in [0.1, 0.15) is 47.8 Å². The summed E-state index contributed by atoms with van der Waals surface area (Å²) in [6.07, 6.45) is 5.44. The zero-order valence-corrected chi connectivity index (χ0v) is 12.7. The van der Waals surface area contributed by atoms with E-state index in [0.717, 1.165) is 50.4 Å². The van der Waals surface area contributed by atoms with Crippen molar-refractivity contribution in [3.8, 4) is 0 Å². The van der Waals surface area contributed by atoms with Gasteiger partial charge in [0.25, 0.3) is 5.91 Å². The quantitative estimate of drug-likeness (QED) is 0.855. The molecule has 0 aromatic carbocycles. The summed E-state index contributed by atoms with van der Waals surface area (Å²) in [5.41, 5.74) is 8.59. The Bertz CT molecular complexity index is 539. The molecule has 0 spiro atoms. The smallest absolute Gasteiger partial charge is 0.252 e. The third-order valence-electron chi connectivity index (χ3n) is 4.48. The first-order valence-electron chi connectivity index (χ1n) is 8.00. The molecule has 1 amide bonds. The van der Waals surface area contributed by atoms with E-state index in [-0.39, 0.29) is 5.91 Å². The van der Waals surface area contributed by atoms with Crippen LogP contribution in [0.4, 0.5) is 5.82 Å². The van der Waals surface area contributed by atoms with E-state index in [1.807, 2.05) is 6.07 Å². The highest BCUT2D eigenvalue weighted by Crippen LogP contribution is 2.28. The Balaban J connectivity index is 2.03. The number of hydrogen-bond acceptors (Lipinski definition) is 4. The Labute approximate surface area is 125 Å². The highest BCUT2D eigenvalue weighted by molar-refractivity contribution is 5.98. The summed E-state index contributed by atoms with van der Waals surface area (Å²) >= 11 is 0. The van der Waals surface area contributed by atoms with E-state index < -0.39 is 0 Å². The van der Waals surface area contributed by atoms with Gasteiger partial charge in [0, 0.05) is 25.3 Å². The summed E-state index contributed by atoms with van der Waals surface area (Å²) in [6, 6.07) is 2.42. The molecule has 1 saturated heterocycles. The number of hydrogen-bond donors (Lipinski definition) is 2. The van der Waals surface area contributed by atoms with E-state index in [1.54, 1.807) is 0 Å². The van der Waals surface area contributed by atoms with Gasteiger partial charge in [-0.15, -0.1) is 0 Å². The monoisotopic (exact) mass is 288 g/mol. The molecule has 1 aromatic rings. The van der Waals surface area contributed by atoms with Crippen LogP contribution in [0.15, 0.2) is 6.07 Å². The first kappa shape index (κ1) is 14.3. The number of fused-ring (bicyclic) bond motifs is 1. The normalized spacial score (nSPS) is 18.0. The van der Waals surface area contributed by atoms with Gasteiger partial charge in [-0.2, -0.15) is 0 Å². The van der Waals surface area contributed by atoms with Gasteiger partial charge in [0.05, 0.1) is 11.6 Å². The molecule has 0 bridgehead atoms. The maximum absolute atomic E-state index is 11.9. The standard InChI is InChI=1S/C16H24N4O/c1-2-7-20(12-9-18-10-12)16-13(15(17)21)8-11-5-3-4-6-14(11)19-16/h8,12,18H,2-7,9-10H2,1H3,(H2,17,21). The van der Waals surface area contributed by atoms with Crippen molar-refractivity contribution in [2.45, 2.75) is 45.1 Å². The molecule has 2 aliphatic rings. The fourth-order valence-corrected chi connectivity index (χ4v) is 3.22. The van der Waals surface area contributed by atoms with E-state index in [2.05, 4.69) is 17.1 Å². The molecule has 3 N–H and O–H groups in total. The second-order valence-electron chi connectivity index (χ2n) is 6.04. The molecule has 1 aliphatic heterocycles. The predicted molar refractivity (Wildman–Crippen MR) is 83.7 cm³/mol. The van der Waals surface area contributed by atoms with Crippen molar-refractivity contribution in [2.24, 2.45) is 5.73 Å². The number of nitrogens with zero attached hydrogens (tertiary/aromatic N) is 2. The summed E-state index contributed by atoms with van der Waals surface area (Å²) < 4.78 is 0. The van der Waals surface area contributed by atoms with Crippen LogP contribution < -0.4 is 16.0 Å². The molecule has 114 valence electrons. The number of rotatable bonds is 5. The van der Waals surface area contributed by atoms with E-state index in [0.29, 0.717) is 11.6 Å². The molecule has 0 atom stereocenters. The second kappa shape index (κ2) is 6.02. The number of pyridine rings is 1. The minimum absolute atomic E-state index is 0.362. The van der Waals surface area contributed by atoms with Gasteiger partial charge in [-0.3, -0.25) is 4.79 Å². The minimum Gasteiger partial charge on any atom is -0.365 e. The molecule has 1 aliphatic carbocycles. The number of aryl methyl sites for hydroxylation is 2. The maximum Gasteiger partial charge on any atom is 0.252 e. The molecule has 1 aromatic heterocycles. The van der Waals surface area contributed by atoms with Crippen LogP contribution in [-0.4, -0.2) is 36.6 Å². The van der Waals surface area contributed by atoms with Gasteiger partial charge in [-0.25, -0.2) is 4.98 Å². The molecule has 5 heteroatoms. The van der Waals surface area contributed by atoms with Crippen LogP contribution in [-0.2, 0) is 12.8 Å². The van der Waals surface area contributed by atoms with E-state index in [1.165, 1.54) is 18.4 Å². The topological polar surface area (TPSA) is 71.2 Å². The van der Waals surface area contributed by atoms with Gasteiger partial charge >= 0.3 is 0 Å². The number of nitrogens with one attached hydrogen (secondary N) is 1. The summed E-state index contributed by atoms with van der Waals surface area (Å²) in [4.78, 5) is 19.0. The molecule has 0 saturated carbocycles. The summed E-state index contributed by atoms with van der Waals surface area (Å²) in [5, 5.41) is 3.30. The second-order valence-corrected chi connectivity index (χ2v) is 6.04. The SMILES string of the molecule is CCCN(c1nc2c(cc1C(N)=O)CCCC2)C1CNC1. The van der Waals surface area contributed by atoms with Gasteiger partial charge in [-0.05, 0) is 43.7 Å². The van der Waals surface area contributed by atoms with Crippen molar-refractivity contribution in [3.63, 3.8) is 0 Å². The van der Waals surface area contributed by atoms with Crippen molar-refractivity contribution < 1.29 is 4.79 Å². The van der Waals surface area contributed by atoms with Gasteiger partial charge in [-0.1, -0.05) is 6.92 Å². The third-order valence-corrected chi connectivity index (χ3v) is 4.48. The van der Waals surface area contributed by atoms with Crippen molar-refractivity contribution >= 4 is 11.7 Å². The van der Waals surface area contributed by atoms with Crippen LogP contribution >= 0.6 is 0 Å². The third kappa shape index (κ3) is 2.75. The van der Waals surface area contributed by atoms with Gasteiger partial charge in [0.15, 0.2) is 0 Å². The maximum atomic E-state index is 11.9. The largest absolute Gasteiger partial charge is 0.365 e. The molecule has 0 unspecified atom stereocenters. The number of amides is 1. The highest BCUT2D eigenvalue weighted by Gasteiger charge is 2.29. The van der Waals surface area contributed by atoms with Crippen LogP contribution in [0.2, 0.25) is 0 Å². The average molecular weight is 288 g/mol. The van der Waals surface area contributed by atoms with Crippen molar-refractivity contribution in [1.29, 1.82) is 0 Å². The molecular weight excluding hydrogens is 264 g/mol. The fourth-order valence-electron chi connectivity index (χ4n) is 3.22. The zero-order valence-electron chi connectivity index (χ0n) is 12.7. The Morgan fingerprint density at radius 2 is 2.19 bits per heavy atom. The molecule has 3 rings (SSSR count). The Hall–Kier alpha value is -1.62. The Morgan fingerprint density at radius 3 is 2.81 bits per heavy atom. The molecular formula is C16H24N4O. The molecule has 1 fully saturated rings. The van der Waals surface area contributed by atoms with Crippen LogP contribution in [0.3, 0.4) is 0 Å². The summed E-state index contributed by atoms with van der Waals surface area (Å²) in [5.74, 6) is 0.441. The van der Waals surface area contributed by atoms with Crippen molar-refractivity contribution in [1.82, 2.24) is 10.3 Å². The van der Waals surface area contributed by atoms with Crippen molar-refractivity contribution in [2.75, 3.05) is 24.5 Å². The van der Waals surface area contributed by atoms with Crippen LogP contribution in [0, 0.1) is 0 Å². The predicted octanol–water partition coefficient (Wildman–Crippen LogP) is 1.25. The van der Waals surface area contributed by atoms with Crippen LogP contribution in [0.5, 0.6) is 0 Å². The first-order chi connectivity index (χ1) is 10.2. The zero-order chi connectivity index (χ0) is 14.8. The van der Waals surface area contributed by atoms with Gasteiger partial charge < -0.3 is 16.0 Å². The van der Waals surface area contributed by atoms with Crippen LogP contribution in [0.25, 0.3) is 0 Å².